The van der Waals surface area contributed by atoms with Crippen molar-refractivity contribution in [1.29, 1.82) is 0 Å². The van der Waals surface area contributed by atoms with Crippen molar-refractivity contribution in [2.75, 3.05) is 77.7 Å². The van der Waals surface area contributed by atoms with Crippen molar-refractivity contribution in [3.05, 3.63) is 24.3 Å². The summed E-state index contributed by atoms with van der Waals surface area (Å²) in [5.41, 5.74) is 1.17. The molecule has 2 aliphatic heterocycles. The van der Waals surface area contributed by atoms with Crippen LogP contribution >= 0.6 is 0 Å². The molecule has 2 saturated heterocycles. The molecule has 7 heteroatoms. The summed E-state index contributed by atoms with van der Waals surface area (Å²) in [6.07, 6.45) is 2.08. The molecule has 1 N–H and O–H groups in total. The van der Waals surface area contributed by atoms with E-state index in [0.29, 0.717) is 5.92 Å². The topological polar surface area (TPSA) is 58.6 Å². The van der Waals surface area contributed by atoms with Crippen molar-refractivity contribution in [3.63, 3.8) is 0 Å². The molecule has 29 heavy (non-hydrogen) atoms. The highest BCUT2D eigenvalue weighted by molar-refractivity contribution is 5.80. The normalized spacial score (nSPS) is 20.2. The number of nitrogens with zero attached hydrogens (tertiary/aromatic N) is 3. The van der Waals surface area contributed by atoms with Gasteiger partial charge >= 0.3 is 0 Å². The zero-order valence-electron chi connectivity index (χ0n) is 17.9. The van der Waals surface area contributed by atoms with Crippen molar-refractivity contribution < 1.29 is 14.2 Å². The Morgan fingerprint density at radius 1 is 1.24 bits per heavy atom. The minimum absolute atomic E-state index is 0.579. The molecule has 1 unspecified atom stereocenters. The summed E-state index contributed by atoms with van der Waals surface area (Å²) in [5.74, 6) is 2.53. The molecule has 3 rings (SSSR count). The fraction of sp³-hybridized carbons (Fsp3) is 0.682. The minimum Gasteiger partial charge on any atom is -0.495 e. The van der Waals surface area contributed by atoms with Gasteiger partial charge in [0.05, 0.1) is 26.0 Å². The Bertz CT molecular complexity index is 626. The van der Waals surface area contributed by atoms with Gasteiger partial charge in [0.2, 0.25) is 0 Å². The fourth-order valence-electron chi connectivity index (χ4n) is 3.79. The third-order valence-electron chi connectivity index (χ3n) is 5.43. The van der Waals surface area contributed by atoms with E-state index in [1.807, 2.05) is 12.1 Å². The molecule has 2 aliphatic rings. The molecule has 0 saturated carbocycles. The number of hydrogen-bond donors (Lipinski definition) is 1. The molecule has 0 spiro atoms. The van der Waals surface area contributed by atoms with E-state index in [4.69, 9.17) is 19.2 Å². The third kappa shape index (κ3) is 6.51. The van der Waals surface area contributed by atoms with E-state index in [2.05, 4.69) is 34.2 Å². The summed E-state index contributed by atoms with van der Waals surface area (Å²) in [7, 11) is 1.73. The molecular weight excluding hydrogens is 368 g/mol. The van der Waals surface area contributed by atoms with Crippen LogP contribution in [0.1, 0.15) is 19.8 Å². The van der Waals surface area contributed by atoms with Crippen LogP contribution in [0, 0.1) is 5.92 Å². The molecule has 7 nitrogen and oxygen atoms in total. The lowest BCUT2D eigenvalue weighted by atomic mass is 10.1. The highest BCUT2D eigenvalue weighted by Crippen LogP contribution is 2.28. The Morgan fingerprint density at radius 2 is 2.07 bits per heavy atom. The average Bonchev–Trinajstić information content (AvgIpc) is 3.29. The number of piperazine rings is 1. The Hall–Kier alpha value is -1.99. The van der Waals surface area contributed by atoms with Crippen LogP contribution in [-0.4, -0.2) is 83.7 Å². The smallest absolute Gasteiger partial charge is 0.194 e. The lowest BCUT2D eigenvalue weighted by Gasteiger charge is -2.38. The molecule has 1 atom stereocenters. The first-order valence-corrected chi connectivity index (χ1v) is 10.9. The molecule has 0 amide bonds. The summed E-state index contributed by atoms with van der Waals surface area (Å²) in [6, 6.07) is 8.23. The number of benzene rings is 1. The number of nitrogens with one attached hydrogen (secondary N) is 1. The van der Waals surface area contributed by atoms with Crippen LogP contribution in [0.3, 0.4) is 0 Å². The SMILES string of the molecule is CCNC(=NCCCOCC1CCOC1)N1CCN(c2ccccc2OC)CC1. The van der Waals surface area contributed by atoms with Gasteiger partial charge in [-0.05, 0) is 31.9 Å². The van der Waals surface area contributed by atoms with Gasteiger partial charge in [-0.15, -0.1) is 0 Å². The van der Waals surface area contributed by atoms with Gasteiger partial charge in [-0.2, -0.15) is 0 Å². The summed E-state index contributed by atoms with van der Waals surface area (Å²) in [5, 5.41) is 3.44. The van der Waals surface area contributed by atoms with Crippen LogP contribution in [0.5, 0.6) is 5.75 Å². The Kier molecular flexibility index (Phi) is 8.89. The number of methoxy groups -OCH3 is 1. The fourth-order valence-corrected chi connectivity index (χ4v) is 3.79. The zero-order valence-corrected chi connectivity index (χ0v) is 17.9. The Balaban J connectivity index is 1.42. The number of hydrogen-bond acceptors (Lipinski definition) is 5. The van der Waals surface area contributed by atoms with E-state index in [0.717, 1.165) is 90.2 Å². The first-order chi connectivity index (χ1) is 14.3. The van der Waals surface area contributed by atoms with Crippen molar-refractivity contribution in [2.24, 2.45) is 10.9 Å². The van der Waals surface area contributed by atoms with E-state index < -0.39 is 0 Å². The second-order valence-corrected chi connectivity index (χ2v) is 7.54. The second-order valence-electron chi connectivity index (χ2n) is 7.54. The van der Waals surface area contributed by atoms with Gasteiger partial charge in [0.1, 0.15) is 5.75 Å². The molecule has 0 radical (unpaired) electrons. The zero-order chi connectivity index (χ0) is 20.3. The summed E-state index contributed by atoms with van der Waals surface area (Å²) in [6.45, 7) is 10.9. The molecule has 0 aromatic heterocycles. The predicted octanol–water partition coefficient (Wildman–Crippen LogP) is 2.23. The molecular formula is C22H36N4O3. The predicted molar refractivity (Wildman–Crippen MR) is 117 cm³/mol. The van der Waals surface area contributed by atoms with Gasteiger partial charge in [0.25, 0.3) is 0 Å². The number of ether oxygens (including phenoxy) is 3. The van der Waals surface area contributed by atoms with Gasteiger partial charge in [0.15, 0.2) is 5.96 Å². The average molecular weight is 405 g/mol. The molecule has 1 aromatic rings. The number of anilines is 1. The van der Waals surface area contributed by atoms with Crippen molar-refractivity contribution in [2.45, 2.75) is 19.8 Å². The summed E-state index contributed by atoms with van der Waals surface area (Å²) in [4.78, 5) is 9.56. The summed E-state index contributed by atoms with van der Waals surface area (Å²) < 4.78 is 16.7. The Morgan fingerprint density at radius 3 is 2.79 bits per heavy atom. The van der Waals surface area contributed by atoms with Crippen molar-refractivity contribution in [3.8, 4) is 5.75 Å². The van der Waals surface area contributed by atoms with E-state index in [1.165, 1.54) is 5.69 Å². The van der Waals surface area contributed by atoms with Crippen molar-refractivity contribution >= 4 is 11.6 Å². The maximum absolute atomic E-state index is 5.79. The van der Waals surface area contributed by atoms with E-state index in [1.54, 1.807) is 7.11 Å². The van der Waals surface area contributed by atoms with Crippen LogP contribution in [0.25, 0.3) is 0 Å². The number of para-hydroxylation sites is 2. The number of guanidine groups is 1. The van der Waals surface area contributed by atoms with Gasteiger partial charge in [-0.25, -0.2) is 0 Å². The molecule has 0 aliphatic carbocycles. The van der Waals surface area contributed by atoms with Crippen LogP contribution < -0.4 is 15.0 Å². The van der Waals surface area contributed by atoms with Crippen molar-refractivity contribution in [1.82, 2.24) is 10.2 Å². The molecule has 0 bridgehead atoms. The van der Waals surface area contributed by atoms with Gasteiger partial charge in [-0.1, -0.05) is 12.1 Å². The van der Waals surface area contributed by atoms with E-state index in [-0.39, 0.29) is 0 Å². The van der Waals surface area contributed by atoms with Crippen LogP contribution in [0.15, 0.2) is 29.3 Å². The highest BCUT2D eigenvalue weighted by Gasteiger charge is 2.21. The lowest BCUT2D eigenvalue weighted by molar-refractivity contribution is 0.0893. The summed E-state index contributed by atoms with van der Waals surface area (Å²) >= 11 is 0. The first-order valence-electron chi connectivity index (χ1n) is 10.9. The molecule has 1 aromatic carbocycles. The van der Waals surface area contributed by atoms with E-state index in [9.17, 15) is 0 Å². The van der Waals surface area contributed by atoms with Crippen LogP contribution in [-0.2, 0) is 9.47 Å². The number of aliphatic imine (C=N–C) groups is 1. The molecule has 2 heterocycles. The lowest BCUT2D eigenvalue weighted by Crippen LogP contribution is -2.52. The Labute approximate surface area is 175 Å². The van der Waals surface area contributed by atoms with Gasteiger partial charge in [0, 0.05) is 58.4 Å². The van der Waals surface area contributed by atoms with Gasteiger partial charge < -0.3 is 29.3 Å². The molecule has 2 fully saturated rings. The third-order valence-corrected chi connectivity index (χ3v) is 5.43. The highest BCUT2D eigenvalue weighted by atomic mass is 16.5. The first kappa shape index (κ1) is 21.7. The second kappa shape index (κ2) is 11.9. The standard InChI is InChI=1S/C22H36N4O3/c1-3-23-22(24-10-6-15-28-17-19-9-16-29-18-19)26-13-11-25(12-14-26)20-7-4-5-8-21(20)27-2/h4-5,7-8,19H,3,6,9-18H2,1-2H3,(H,23,24). The monoisotopic (exact) mass is 404 g/mol. The van der Waals surface area contributed by atoms with E-state index >= 15 is 0 Å². The maximum Gasteiger partial charge on any atom is 0.194 e. The minimum atomic E-state index is 0.579. The van der Waals surface area contributed by atoms with Crippen LogP contribution in [0.2, 0.25) is 0 Å². The largest absolute Gasteiger partial charge is 0.495 e. The van der Waals surface area contributed by atoms with Crippen LogP contribution in [0.4, 0.5) is 5.69 Å². The maximum atomic E-state index is 5.79. The number of rotatable bonds is 9. The van der Waals surface area contributed by atoms with Gasteiger partial charge in [-0.3, -0.25) is 4.99 Å². The quantitative estimate of drug-likeness (QED) is 0.387. The molecule has 162 valence electrons.